The Labute approximate surface area is 202 Å². The Kier molecular flexibility index (Phi) is 7.71. The summed E-state index contributed by atoms with van der Waals surface area (Å²) in [5.41, 5.74) is 5.94. The number of rotatable bonds is 8. The van der Waals surface area contributed by atoms with Crippen LogP contribution >= 0.6 is 0 Å². The van der Waals surface area contributed by atoms with E-state index < -0.39 is 5.79 Å². The Morgan fingerprint density at radius 3 is 2.38 bits per heavy atom. The molecule has 1 N–H and O–H groups in total. The number of phenols is 1. The Morgan fingerprint density at radius 2 is 1.74 bits per heavy atom. The lowest BCUT2D eigenvalue weighted by molar-refractivity contribution is -0.141. The SMILES string of the molecule is CCC/C(C1=CCC=CC=C1)=C(\c1ccc(O)cc1)c1ccc(OCC2COC(C)(C)O2)cc1. The maximum atomic E-state index is 9.87. The van der Waals surface area contributed by atoms with Crippen LogP contribution in [0.1, 0.15) is 51.2 Å². The standard InChI is InChI=1S/C30H34O4/c1-4-9-28(22-10-7-5-6-8-11-22)29(23-12-16-25(31)17-13-23)24-14-18-26(19-15-24)32-20-27-21-33-30(2,3)34-27/h5-7,10-19,27,31H,4,8-9,20-21H2,1-3H3/b29-28-. The molecule has 0 saturated carbocycles. The van der Waals surface area contributed by atoms with Crippen molar-refractivity contribution in [2.45, 2.75) is 51.9 Å². The van der Waals surface area contributed by atoms with Crippen LogP contribution in [-0.2, 0) is 9.47 Å². The summed E-state index contributed by atoms with van der Waals surface area (Å²) >= 11 is 0. The topological polar surface area (TPSA) is 47.9 Å². The van der Waals surface area contributed by atoms with Crippen LogP contribution in [0.2, 0.25) is 0 Å². The minimum absolute atomic E-state index is 0.0687. The molecule has 1 aliphatic carbocycles. The van der Waals surface area contributed by atoms with Gasteiger partial charge in [0.05, 0.1) is 6.61 Å². The van der Waals surface area contributed by atoms with Crippen molar-refractivity contribution in [2.75, 3.05) is 13.2 Å². The van der Waals surface area contributed by atoms with Crippen molar-refractivity contribution in [1.29, 1.82) is 0 Å². The van der Waals surface area contributed by atoms with E-state index in [4.69, 9.17) is 14.2 Å². The Morgan fingerprint density at radius 1 is 1.03 bits per heavy atom. The molecule has 34 heavy (non-hydrogen) atoms. The highest BCUT2D eigenvalue weighted by atomic mass is 16.7. The van der Waals surface area contributed by atoms with Crippen LogP contribution < -0.4 is 4.74 Å². The third kappa shape index (κ3) is 6.07. The number of allylic oxidation sites excluding steroid dienone is 7. The van der Waals surface area contributed by atoms with E-state index in [0.29, 0.717) is 13.2 Å². The summed E-state index contributed by atoms with van der Waals surface area (Å²) in [6, 6.07) is 15.7. The van der Waals surface area contributed by atoms with Crippen molar-refractivity contribution in [1.82, 2.24) is 0 Å². The number of benzene rings is 2. The first-order chi connectivity index (χ1) is 16.4. The number of ether oxygens (including phenoxy) is 3. The van der Waals surface area contributed by atoms with Gasteiger partial charge in [-0.25, -0.2) is 0 Å². The van der Waals surface area contributed by atoms with Gasteiger partial charge in [-0.3, -0.25) is 0 Å². The van der Waals surface area contributed by atoms with Crippen LogP contribution in [0.4, 0.5) is 0 Å². The van der Waals surface area contributed by atoms with Gasteiger partial charge in [0, 0.05) is 0 Å². The quantitative estimate of drug-likeness (QED) is 0.464. The summed E-state index contributed by atoms with van der Waals surface area (Å²) < 4.78 is 17.5. The number of hydrogen-bond acceptors (Lipinski definition) is 4. The molecule has 4 rings (SSSR count). The van der Waals surface area contributed by atoms with Crippen LogP contribution in [0.15, 0.2) is 90.1 Å². The zero-order valence-corrected chi connectivity index (χ0v) is 20.3. The highest BCUT2D eigenvalue weighted by Crippen LogP contribution is 2.35. The molecule has 0 amide bonds. The summed E-state index contributed by atoms with van der Waals surface area (Å²) in [6.45, 7) is 7.04. The molecule has 0 spiro atoms. The van der Waals surface area contributed by atoms with Gasteiger partial charge in [0.2, 0.25) is 0 Å². The van der Waals surface area contributed by atoms with E-state index in [1.54, 1.807) is 12.1 Å². The van der Waals surface area contributed by atoms with Gasteiger partial charge in [-0.05, 0) is 78.8 Å². The average Bonchev–Trinajstić information content (AvgIpc) is 3.01. The first kappa shape index (κ1) is 24.1. The van der Waals surface area contributed by atoms with E-state index in [9.17, 15) is 5.11 Å². The monoisotopic (exact) mass is 458 g/mol. The first-order valence-corrected chi connectivity index (χ1v) is 12.1. The van der Waals surface area contributed by atoms with Gasteiger partial charge in [-0.15, -0.1) is 0 Å². The lowest BCUT2D eigenvalue weighted by Crippen LogP contribution is -2.25. The van der Waals surface area contributed by atoms with Crippen LogP contribution in [0, 0.1) is 0 Å². The lowest BCUT2D eigenvalue weighted by Gasteiger charge is -2.19. The second kappa shape index (κ2) is 10.9. The molecule has 1 heterocycles. The summed E-state index contributed by atoms with van der Waals surface area (Å²) in [5.74, 6) is 0.522. The van der Waals surface area contributed by atoms with Gasteiger partial charge >= 0.3 is 0 Å². The fourth-order valence-corrected chi connectivity index (χ4v) is 4.36. The largest absolute Gasteiger partial charge is 0.508 e. The molecule has 2 aromatic carbocycles. The van der Waals surface area contributed by atoms with Crippen LogP contribution in [-0.4, -0.2) is 30.2 Å². The molecule has 1 unspecified atom stereocenters. The molecule has 1 fully saturated rings. The Balaban J connectivity index is 1.65. The molecule has 178 valence electrons. The van der Waals surface area contributed by atoms with Crippen LogP contribution in [0.5, 0.6) is 11.5 Å². The summed E-state index contributed by atoms with van der Waals surface area (Å²) in [5, 5.41) is 9.87. The molecule has 1 atom stereocenters. The minimum atomic E-state index is -0.548. The molecule has 1 saturated heterocycles. The third-order valence-electron chi connectivity index (χ3n) is 5.95. The van der Waals surface area contributed by atoms with Crippen molar-refractivity contribution in [3.8, 4) is 11.5 Å². The molecule has 4 nitrogen and oxygen atoms in total. The normalized spacial score (nSPS) is 20.0. The van der Waals surface area contributed by atoms with E-state index >= 15 is 0 Å². The molecule has 4 heteroatoms. The minimum Gasteiger partial charge on any atom is -0.508 e. The maximum Gasteiger partial charge on any atom is 0.163 e. The molecular weight excluding hydrogens is 424 g/mol. The third-order valence-corrected chi connectivity index (χ3v) is 5.95. The van der Waals surface area contributed by atoms with Crippen LogP contribution in [0.3, 0.4) is 0 Å². The van der Waals surface area contributed by atoms with E-state index in [1.807, 2.05) is 38.1 Å². The predicted molar refractivity (Wildman–Crippen MR) is 137 cm³/mol. The first-order valence-electron chi connectivity index (χ1n) is 12.1. The van der Waals surface area contributed by atoms with Gasteiger partial charge in [-0.1, -0.05) is 68.0 Å². The van der Waals surface area contributed by atoms with Gasteiger partial charge in [0.1, 0.15) is 24.2 Å². The molecule has 0 radical (unpaired) electrons. The molecule has 2 aliphatic rings. The van der Waals surface area contributed by atoms with Gasteiger partial charge in [0.25, 0.3) is 0 Å². The van der Waals surface area contributed by atoms with Gasteiger partial charge in [-0.2, -0.15) is 0 Å². The zero-order chi connectivity index (χ0) is 24.0. The maximum absolute atomic E-state index is 9.87. The van der Waals surface area contributed by atoms with Crippen molar-refractivity contribution in [3.05, 3.63) is 101 Å². The highest BCUT2D eigenvalue weighted by molar-refractivity contribution is 5.85. The predicted octanol–water partition coefficient (Wildman–Crippen LogP) is 6.97. The molecular formula is C30H34O4. The summed E-state index contributed by atoms with van der Waals surface area (Å²) in [6.07, 6.45) is 13.7. The van der Waals surface area contributed by atoms with Crippen molar-refractivity contribution >= 4 is 5.57 Å². The summed E-state index contributed by atoms with van der Waals surface area (Å²) in [4.78, 5) is 0. The number of hydrogen-bond donors (Lipinski definition) is 1. The smallest absolute Gasteiger partial charge is 0.163 e. The fraction of sp³-hybridized carbons (Fsp3) is 0.333. The van der Waals surface area contributed by atoms with Gasteiger partial charge < -0.3 is 19.3 Å². The van der Waals surface area contributed by atoms with Crippen LogP contribution in [0.25, 0.3) is 5.57 Å². The lowest BCUT2D eigenvalue weighted by atomic mass is 9.86. The second-order valence-electron chi connectivity index (χ2n) is 9.12. The van der Waals surface area contributed by atoms with Gasteiger partial charge in [0.15, 0.2) is 5.79 Å². The Hall–Kier alpha value is -3.08. The van der Waals surface area contributed by atoms with Crippen molar-refractivity contribution in [2.24, 2.45) is 0 Å². The summed E-state index contributed by atoms with van der Waals surface area (Å²) in [7, 11) is 0. The number of phenolic OH excluding ortho intramolecular Hbond substituents is 1. The molecule has 0 bridgehead atoms. The molecule has 0 aromatic heterocycles. The highest BCUT2D eigenvalue weighted by Gasteiger charge is 2.33. The Bertz CT molecular complexity index is 1090. The van der Waals surface area contributed by atoms with Crippen molar-refractivity contribution < 1.29 is 19.3 Å². The fourth-order valence-electron chi connectivity index (χ4n) is 4.36. The van der Waals surface area contributed by atoms with Crippen molar-refractivity contribution in [3.63, 3.8) is 0 Å². The van der Waals surface area contributed by atoms with E-state index in [0.717, 1.165) is 36.1 Å². The molecule has 1 aliphatic heterocycles. The average molecular weight is 459 g/mol. The zero-order valence-electron chi connectivity index (χ0n) is 20.3. The number of aromatic hydroxyl groups is 1. The van der Waals surface area contributed by atoms with E-state index in [-0.39, 0.29) is 11.9 Å². The van der Waals surface area contributed by atoms with E-state index in [2.05, 4.69) is 49.4 Å². The second-order valence-corrected chi connectivity index (χ2v) is 9.12. The molecule has 2 aromatic rings. The van der Waals surface area contributed by atoms with E-state index in [1.165, 1.54) is 16.7 Å².